The fourth-order valence-electron chi connectivity index (χ4n) is 2.30. The number of methoxy groups -OCH3 is 1. The van der Waals surface area contributed by atoms with Crippen LogP contribution in [0.5, 0.6) is 5.88 Å². The standard InChI is InChI=1S/C15H17N7O2/c1-9-5-10(2)22(19-9)15-16-6-11(7-17-15)18-13(23)12-8-21(3)20-14(12)24-4/h5-8H,1-4H3,(H,18,23). The highest BCUT2D eigenvalue weighted by Gasteiger charge is 2.17. The van der Waals surface area contributed by atoms with Gasteiger partial charge in [0.2, 0.25) is 5.88 Å². The third-order valence-corrected chi connectivity index (χ3v) is 3.33. The third kappa shape index (κ3) is 2.96. The average Bonchev–Trinajstić information content (AvgIpc) is 3.10. The minimum absolute atomic E-state index is 0.259. The van der Waals surface area contributed by atoms with E-state index in [2.05, 4.69) is 25.5 Å². The van der Waals surface area contributed by atoms with Crippen molar-refractivity contribution >= 4 is 11.6 Å². The van der Waals surface area contributed by atoms with Gasteiger partial charge in [-0.2, -0.15) is 5.10 Å². The predicted molar refractivity (Wildman–Crippen MR) is 86.3 cm³/mol. The molecule has 3 heterocycles. The van der Waals surface area contributed by atoms with E-state index < -0.39 is 0 Å². The first kappa shape index (κ1) is 15.7. The van der Waals surface area contributed by atoms with Crippen molar-refractivity contribution in [2.45, 2.75) is 13.8 Å². The number of nitrogens with one attached hydrogen (secondary N) is 1. The summed E-state index contributed by atoms with van der Waals surface area (Å²) in [7, 11) is 3.18. The Morgan fingerprint density at radius 3 is 2.50 bits per heavy atom. The number of rotatable bonds is 4. The third-order valence-electron chi connectivity index (χ3n) is 3.33. The maximum Gasteiger partial charge on any atom is 0.262 e. The van der Waals surface area contributed by atoms with Crippen LogP contribution in [0.15, 0.2) is 24.7 Å². The fourth-order valence-corrected chi connectivity index (χ4v) is 2.30. The molecule has 0 spiro atoms. The van der Waals surface area contributed by atoms with Crippen molar-refractivity contribution in [2.75, 3.05) is 12.4 Å². The Labute approximate surface area is 138 Å². The highest BCUT2D eigenvalue weighted by molar-refractivity contribution is 6.05. The Bertz CT molecular complexity index is 880. The Balaban J connectivity index is 1.79. The molecule has 124 valence electrons. The summed E-state index contributed by atoms with van der Waals surface area (Å²) in [6.45, 7) is 3.83. The van der Waals surface area contributed by atoms with Crippen molar-refractivity contribution < 1.29 is 9.53 Å². The van der Waals surface area contributed by atoms with Gasteiger partial charge in [0.15, 0.2) is 0 Å². The topological polar surface area (TPSA) is 99.8 Å². The Hall–Kier alpha value is -3.23. The molecule has 0 aliphatic rings. The van der Waals surface area contributed by atoms with Crippen LogP contribution in [0.4, 0.5) is 5.69 Å². The van der Waals surface area contributed by atoms with Crippen molar-refractivity contribution in [2.24, 2.45) is 7.05 Å². The summed E-state index contributed by atoms with van der Waals surface area (Å²) in [6, 6.07) is 1.94. The van der Waals surface area contributed by atoms with E-state index in [0.717, 1.165) is 11.4 Å². The number of nitrogens with zero attached hydrogens (tertiary/aromatic N) is 6. The zero-order valence-electron chi connectivity index (χ0n) is 13.8. The highest BCUT2D eigenvalue weighted by atomic mass is 16.5. The molecule has 0 radical (unpaired) electrons. The van der Waals surface area contributed by atoms with Gasteiger partial charge in [0.25, 0.3) is 11.9 Å². The lowest BCUT2D eigenvalue weighted by Gasteiger charge is -2.06. The van der Waals surface area contributed by atoms with Gasteiger partial charge in [0.1, 0.15) is 5.56 Å². The second-order valence-corrected chi connectivity index (χ2v) is 5.29. The normalized spacial score (nSPS) is 10.7. The van der Waals surface area contributed by atoms with Crippen molar-refractivity contribution in [3.05, 3.63) is 41.6 Å². The van der Waals surface area contributed by atoms with E-state index in [1.165, 1.54) is 24.2 Å². The summed E-state index contributed by atoms with van der Waals surface area (Å²) in [6.07, 6.45) is 4.64. The number of aryl methyl sites for hydroxylation is 3. The van der Waals surface area contributed by atoms with Gasteiger partial charge in [-0.1, -0.05) is 0 Å². The monoisotopic (exact) mass is 327 g/mol. The molecular weight excluding hydrogens is 310 g/mol. The summed E-state index contributed by atoms with van der Waals surface area (Å²) < 4.78 is 8.24. The summed E-state index contributed by atoms with van der Waals surface area (Å²) >= 11 is 0. The molecule has 0 saturated heterocycles. The van der Waals surface area contributed by atoms with Crippen molar-refractivity contribution in [1.29, 1.82) is 0 Å². The van der Waals surface area contributed by atoms with Gasteiger partial charge >= 0.3 is 0 Å². The first-order valence-corrected chi connectivity index (χ1v) is 7.22. The van der Waals surface area contributed by atoms with Crippen molar-refractivity contribution in [3.8, 4) is 11.8 Å². The Morgan fingerprint density at radius 2 is 1.92 bits per heavy atom. The van der Waals surface area contributed by atoms with Gasteiger partial charge in [-0.05, 0) is 19.9 Å². The van der Waals surface area contributed by atoms with Gasteiger partial charge in [0.05, 0.1) is 30.9 Å². The molecule has 0 aliphatic heterocycles. The van der Waals surface area contributed by atoms with Crippen LogP contribution in [-0.4, -0.2) is 42.5 Å². The maximum absolute atomic E-state index is 12.3. The molecule has 0 atom stereocenters. The molecule has 0 saturated carbocycles. The second kappa shape index (κ2) is 6.11. The number of carbonyl (C=O) groups excluding carboxylic acids is 1. The molecule has 3 aromatic heterocycles. The minimum atomic E-state index is -0.345. The number of amides is 1. The summed E-state index contributed by atoms with van der Waals surface area (Å²) in [5, 5.41) is 11.1. The van der Waals surface area contributed by atoms with Crippen LogP contribution in [0.25, 0.3) is 5.95 Å². The van der Waals surface area contributed by atoms with E-state index in [9.17, 15) is 4.79 Å². The Kier molecular flexibility index (Phi) is 3.98. The maximum atomic E-state index is 12.3. The molecule has 1 amide bonds. The lowest BCUT2D eigenvalue weighted by atomic mass is 10.3. The molecule has 0 unspecified atom stereocenters. The number of anilines is 1. The average molecular weight is 327 g/mol. The molecule has 0 aromatic carbocycles. The number of aromatic nitrogens is 6. The first-order valence-electron chi connectivity index (χ1n) is 7.22. The zero-order chi connectivity index (χ0) is 17.3. The van der Waals surface area contributed by atoms with E-state index in [-0.39, 0.29) is 11.8 Å². The highest BCUT2D eigenvalue weighted by Crippen LogP contribution is 2.17. The molecule has 1 N–H and O–H groups in total. The second-order valence-electron chi connectivity index (χ2n) is 5.29. The number of ether oxygens (including phenoxy) is 1. The zero-order valence-corrected chi connectivity index (χ0v) is 13.8. The molecular formula is C15H17N7O2. The van der Waals surface area contributed by atoms with Crippen molar-refractivity contribution in [3.63, 3.8) is 0 Å². The summed E-state index contributed by atoms with van der Waals surface area (Å²) in [5.74, 6) is 0.357. The van der Waals surface area contributed by atoms with Crippen LogP contribution >= 0.6 is 0 Å². The summed E-state index contributed by atoms with van der Waals surface area (Å²) in [4.78, 5) is 20.8. The number of hydrogen-bond acceptors (Lipinski definition) is 6. The molecule has 9 heteroatoms. The quantitative estimate of drug-likeness (QED) is 0.775. The van der Waals surface area contributed by atoms with Gasteiger partial charge in [-0.25, -0.2) is 14.6 Å². The fraction of sp³-hybridized carbons (Fsp3) is 0.267. The van der Waals surface area contributed by atoms with E-state index in [1.807, 2.05) is 19.9 Å². The SMILES string of the molecule is COc1nn(C)cc1C(=O)Nc1cnc(-n2nc(C)cc2C)nc1. The molecule has 0 aliphatic carbocycles. The predicted octanol–water partition coefficient (Wildman–Crippen LogP) is 1.27. The van der Waals surface area contributed by atoms with Gasteiger partial charge < -0.3 is 10.1 Å². The minimum Gasteiger partial charge on any atom is -0.479 e. The van der Waals surface area contributed by atoms with Crippen LogP contribution in [0, 0.1) is 13.8 Å². The van der Waals surface area contributed by atoms with Crippen LogP contribution in [-0.2, 0) is 7.05 Å². The van der Waals surface area contributed by atoms with Crippen LogP contribution in [0.3, 0.4) is 0 Å². The largest absolute Gasteiger partial charge is 0.479 e. The lowest BCUT2D eigenvalue weighted by Crippen LogP contribution is -2.13. The molecule has 9 nitrogen and oxygen atoms in total. The van der Waals surface area contributed by atoms with Crippen molar-refractivity contribution in [1.82, 2.24) is 29.5 Å². The van der Waals surface area contributed by atoms with Crippen LogP contribution in [0.1, 0.15) is 21.7 Å². The first-order chi connectivity index (χ1) is 11.5. The summed E-state index contributed by atoms with van der Waals surface area (Å²) in [5.41, 5.74) is 2.63. The van der Waals surface area contributed by atoms with E-state index >= 15 is 0 Å². The van der Waals surface area contributed by atoms with Crippen LogP contribution < -0.4 is 10.1 Å². The smallest absolute Gasteiger partial charge is 0.262 e. The van der Waals surface area contributed by atoms with E-state index in [0.29, 0.717) is 17.2 Å². The molecule has 3 rings (SSSR count). The Morgan fingerprint density at radius 1 is 1.21 bits per heavy atom. The van der Waals surface area contributed by atoms with Gasteiger partial charge in [-0.15, -0.1) is 5.10 Å². The van der Waals surface area contributed by atoms with Crippen LogP contribution in [0.2, 0.25) is 0 Å². The molecule has 3 aromatic rings. The van der Waals surface area contributed by atoms with E-state index in [1.54, 1.807) is 17.9 Å². The lowest BCUT2D eigenvalue weighted by molar-refractivity contribution is 0.102. The number of hydrogen-bond donors (Lipinski definition) is 1. The van der Waals surface area contributed by atoms with E-state index in [4.69, 9.17) is 4.74 Å². The van der Waals surface area contributed by atoms with Gasteiger partial charge in [-0.3, -0.25) is 9.48 Å². The molecule has 0 fully saturated rings. The molecule has 24 heavy (non-hydrogen) atoms. The molecule has 0 bridgehead atoms. The van der Waals surface area contributed by atoms with Gasteiger partial charge in [0, 0.05) is 18.9 Å². The number of carbonyl (C=O) groups is 1.